The molecular weight excluding hydrogens is 208 g/mol. The summed E-state index contributed by atoms with van der Waals surface area (Å²) in [6, 6.07) is 13.0. The number of hydrogen-bond donors (Lipinski definition) is 1. The van der Waals surface area contributed by atoms with Gasteiger partial charge < -0.3 is 10.6 Å². The molecule has 0 radical (unpaired) electrons. The predicted molar refractivity (Wildman–Crippen MR) is 73.3 cm³/mol. The Hall–Kier alpha value is -1.54. The third kappa shape index (κ3) is 1.79. The van der Waals surface area contributed by atoms with Gasteiger partial charge in [0.1, 0.15) is 0 Å². The van der Waals surface area contributed by atoms with Crippen LogP contribution in [0.3, 0.4) is 0 Å². The molecule has 0 atom stereocenters. The van der Waals surface area contributed by atoms with Gasteiger partial charge in [-0.05, 0) is 29.9 Å². The molecule has 17 heavy (non-hydrogen) atoms. The zero-order valence-corrected chi connectivity index (χ0v) is 10.0. The molecule has 0 amide bonds. The van der Waals surface area contributed by atoms with Gasteiger partial charge in [-0.2, -0.15) is 0 Å². The van der Waals surface area contributed by atoms with Gasteiger partial charge in [0.25, 0.3) is 0 Å². The van der Waals surface area contributed by atoms with Gasteiger partial charge in [0, 0.05) is 30.7 Å². The molecule has 0 bridgehead atoms. The van der Waals surface area contributed by atoms with Crippen LogP contribution in [-0.4, -0.2) is 13.1 Å². The van der Waals surface area contributed by atoms with E-state index < -0.39 is 0 Å². The first-order chi connectivity index (χ1) is 8.40. The molecular formula is C15H18N2. The lowest BCUT2D eigenvalue weighted by atomic mass is 10.0. The molecule has 2 aromatic rings. The van der Waals surface area contributed by atoms with Crippen molar-refractivity contribution in [2.45, 2.75) is 19.4 Å². The van der Waals surface area contributed by atoms with Gasteiger partial charge in [-0.3, -0.25) is 0 Å². The van der Waals surface area contributed by atoms with Crippen LogP contribution in [0.25, 0.3) is 10.8 Å². The van der Waals surface area contributed by atoms with Crippen molar-refractivity contribution in [3.63, 3.8) is 0 Å². The molecule has 2 heteroatoms. The second-order valence-corrected chi connectivity index (χ2v) is 4.69. The van der Waals surface area contributed by atoms with Crippen LogP contribution in [0.5, 0.6) is 0 Å². The zero-order valence-electron chi connectivity index (χ0n) is 10.0. The molecule has 1 aliphatic heterocycles. The molecule has 1 heterocycles. The van der Waals surface area contributed by atoms with Gasteiger partial charge in [0.05, 0.1) is 0 Å². The highest BCUT2D eigenvalue weighted by molar-refractivity contribution is 5.96. The molecule has 1 fully saturated rings. The van der Waals surface area contributed by atoms with Gasteiger partial charge in [-0.1, -0.05) is 30.3 Å². The fourth-order valence-electron chi connectivity index (χ4n) is 2.76. The number of anilines is 1. The third-order valence-corrected chi connectivity index (χ3v) is 3.66. The van der Waals surface area contributed by atoms with Crippen molar-refractivity contribution in [1.29, 1.82) is 0 Å². The number of rotatable bonds is 2. The molecule has 0 saturated carbocycles. The average molecular weight is 226 g/mol. The average Bonchev–Trinajstić information content (AvgIpc) is 2.91. The minimum Gasteiger partial charge on any atom is -0.371 e. The lowest BCUT2D eigenvalue weighted by Gasteiger charge is -2.21. The highest BCUT2D eigenvalue weighted by atomic mass is 15.1. The fourth-order valence-corrected chi connectivity index (χ4v) is 2.76. The second-order valence-electron chi connectivity index (χ2n) is 4.69. The highest BCUT2D eigenvalue weighted by Crippen LogP contribution is 2.31. The Balaban J connectivity index is 2.19. The van der Waals surface area contributed by atoms with E-state index in [1.807, 2.05) is 0 Å². The van der Waals surface area contributed by atoms with Gasteiger partial charge >= 0.3 is 0 Å². The van der Waals surface area contributed by atoms with Crippen LogP contribution in [0.4, 0.5) is 5.69 Å². The van der Waals surface area contributed by atoms with Gasteiger partial charge in [0.2, 0.25) is 0 Å². The van der Waals surface area contributed by atoms with E-state index in [4.69, 9.17) is 5.73 Å². The van der Waals surface area contributed by atoms with Crippen LogP contribution in [0.1, 0.15) is 18.4 Å². The summed E-state index contributed by atoms with van der Waals surface area (Å²) in [6.07, 6.45) is 2.62. The molecule has 2 aromatic carbocycles. The highest BCUT2D eigenvalue weighted by Gasteiger charge is 2.15. The molecule has 2 N–H and O–H groups in total. The Labute approximate surface area is 102 Å². The van der Waals surface area contributed by atoms with E-state index in [1.54, 1.807) is 0 Å². The molecule has 88 valence electrons. The first-order valence-electron chi connectivity index (χ1n) is 6.36. The number of nitrogens with two attached hydrogens (primary N) is 1. The maximum absolute atomic E-state index is 5.81. The predicted octanol–water partition coefficient (Wildman–Crippen LogP) is 2.90. The lowest BCUT2D eigenvalue weighted by Crippen LogP contribution is -2.18. The van der Waals surface area contributed by atoms with Gasteiger partial charge in [0.15, 0.2) is 0 Å². The van der Waals surface area contributed by atoms with Crippen LogP contribution in [-0.2, 0) is 6.54 Å². The van der Waals surface area contributed by atoms with Crippen molar-refractivity contribution in [3.05, 3.63) is 42.0 Å². The van der Waals surface area contributed by atoms with Crippen molar-refractivity contribution in [1.82, 2.24) is 0 Å². The molecule has 0 unspecified atom stereocenters. The topological polar surface area (TPSA) is 29.3 Å². The monoisotopic (exact) mass is 226 g/mol. The van der Waals surface area contributed by atoms with Crippen molar-refractivity contribution in [2.75, 3.05) is 18.0 Å². The summed E-state index contributed by atoms with van der Waals surface area (Å²) in [6.45, 7) is 2.98. The maximum Gasteiger partial charge on any atom is 0.0446 e. The molecule has 1 saturated heterocycles. The molecule has 1 aliphatic rings. The van der Waals surface area contributed by atoms with E-state index >= 15 is 0 Å². The molecule has 0 aromatic heterocycles. The van der Waals surface area contributed by atoms with Crippen molar-refractivity contribution in [2.24, 2.45) is 5.73 Å². The maximum atomic E-state index is 5.81. The van der Waals surface area contributed by atoms with E-state index in [1.165, 1.54) is 48.0 Å². The third-order valence-electron chi connectivity index (χ3n) is 3.66. The van der Waals surface area contributed by atoms with Crippen LogP contribution in [0.2, 0.25) is 0 Å². The number of fused-ring (bicyclic) bond motifs is 1. The summed E-state index contributed by atoms with van der Waals surface area (Å²) in [4.78, 5) is 2.49. The summed E-state index contributed by atoms with van der Waals surface area (Å²) < 4.78 is 0. The quantitative estimate of drug-likeness (QED) is 0.853. The van der Waals surface area contributed by atoms with Gasteiger partial charge in [-0.25, -0.2) is 0 Å². The van der Waals surface area contributed by atoms with Crippen molar-refractivity contribution in [3.8, 4) is 0 Å². The minimum atomic E-state index is 0.612. The summed E-state index contributed by atoms with van der Waals surface area (Å²) in [5.41, 5.74) is 8.42. The SMILES string of the molecule is NCc1ccc(N2CCCC2)c2ccccc12. The molecule has 2 nitrogen and oxygen atoms in total. The summed E-state index contributed by atoms with van der Waals surface area (Å²) in [7, 11) is 0. The largest absolute Gasteiger partial charge is 0.371 e. The van der Waals surface area contributed by atoms with E-state index in [0.717, 1.165) is 0 Å². The van der Waals surface area contributed by atoms with Crippen LogP contribution >= 0.6 is 0 Å². The van der Waals surface area contributed by atoms with E-state index in [-0.39, 0.29) is 0 Å². The fraction of sp³-hybridized carbons (Fsp3) is 0.333. The van der Waals surface area contributed by atoms with Crippen molar-refractivity contribution >= 4 is 16.5 Å². The van der Waals surface area contributed by atoms with Crippen molar-refractivity contribution < 1.29 is 0 Å². The standard InChI is InChI=1S/C15H18N2/c16-11-12-7-8-15(17-9-3-4-10-17)14-6-2-1-5-13(12)14/h1-2,5-8H,3-4,9-11,16H2. The summed E-state index contributed by atoms with van der Waals surface area (Å²) in [5, 5.41) is 2.65. The Kier molecular flexibility index (Phi) is 2.73. The van der Waals surface area contributed by atoms with Crippen LogP contribution < -0.4 is 10.6 Å². The Morgan fingerprint density at radius 1 is 0.941 bits per heavy atom. The van der Waals surface area contributed by atoms with E-state index in [9.17, 15) is 0 Å². The molecule has 3 rings (SSSR count). The number of nitrogens with zero attached hydrogens (tertiary/aromatic N) is 1. The Bertz CT molecular complexity index is 527. The lowest BCUT2D eigenvalue weighted by molar-refractivity contribution is 0.949. The first kappa shape index (κ1) is 10.6. The number of benzene rings is 2. The summed E-state index contributed by atoms with van der Waals surface area (Å²) >= 11 is 0. The first-order valence-corrected chi connectivity index (χ1v) is 6.36. The Morgan fingerprint density at radius 3 is 2.35 bits per heavy atom. The minimum absolute atomic E-state index is 0.612. The smallest absolute Gasteiger partial charge is 0.0446 e. The molecule has 0 spiro atoms. The number of hydrogen-bond acceptors (Lipinski definition) is 2. The second kappa shape index (κ2) is 4.38. The normalized spacial score (nSPS) is 15.7. The zero-order chi connectivity index (χ0) is 11.7. The van der Waals surface area contributed by atoms with Gasteiger partial charge in [-0.15, -0.1) is 0 Å². The van der Waals surface area contributed by atoms with Crippen LogP contribution in [0, 0.1) is 0 Å². The summed E-state index contributed by atoms with van der Waals surface area (Å²) in [5.74, 6) is 0. The van der Waals surface area contributed by atoms with E-state index in [2.05, 4.69) is 41.3 Å². The van der Waals surface area contributed by atoms with E-state index in [0.29, 0.717) is 6.54 Å². The Morgan fingerprint density at radius 2 is 1.65 bits per heavy atom. The molecule has 0 aliphatic carbocycles. The van der Waals surface area contributed by atoms with Crippen LogP contribution in [0.15, 0.2) is 36.4 Å².